The average molecular weight is 209 g/mol. The Labute approximate surface area is 79.8 Å². The Morgan fingerprint density at radius 3 is 1.91 bits per heavy atom. The van der Waals surface area contributed by atoms with Gasteiger partial charge in [0.1, 0.15) is 0 Å². The molecule has 0 aliphatic rings. The Hall–Kier alpha value is -0.240. The van der Waals surface area contributed by atoms with Crippen LogP contribution in [0.5, 0.6) is 0 Å². The summed E-state index contributed by atoms with van der Waals surface area (Å²) in [4.78, 5) is 0. The Morgan fingerprint density at radius 2 is 1.45 bits per heavy atom. The highest BCUT2D eigenvalue weighted by Gasteiger charge is 2.08. The maximum absolute atomic E-state index is 5.72. The summed E-state index contributed by atoms with van der Waals surface area (Å²) in [5.74, 6) is 0. The molecule has 0 bridgehead atoms. The lowest BCUT2D eigenvalue weighted by molar-refractivity contribution is -0.574. The summed E-state index contributed by atoms with van der Waals surface area (Å²) in [5, 5.41) is 0.300. The molecule has 11 heavy (non-hydrogen) atoms. The summed E-state index contributed by atoms with van der Waals surface area (Å²) < 4.78 is 1.68. The zero-order chi connectivity index (χ0) is 8.27. The highest BCUT2D eigenvalue weighted by atomic mass is 35.5. The SMILES string of the molecule is ClC(Cl)=C(Cl)[n+]1ccccc1. The first-order chi connectivity index (χ1) is 5.22. The third kappa shape index (κ3) is 2.37. The van der Waals surface area contributed by atoms with Gasteiger partial charge in [0, 0.05) is 12.1 Å². The van der Waals surface area contributed by atoms with Crippen molar-refractivity contribution in [2.24, 2.45) is 0 Å². The van der Waals surface area contributed by atoms with Crippen molar-refractivity contribution in [1.82, 2.24) is 0 Å². The van der Waals surface area contributed by atoms with E-state index >= 15 is 0 Å². The Kier molecular flexibility index (Phi) is 3.18. The minimum absolute atomic E-state index is 0.0582. The summed E-state index contributed by atoms with van der Waals surface area (Å²) in [5.41, 5.74) is 0. The lowest BCUT2D eigenvalue weighted by atomic mass is 10.5. The van der Waals surface area contributed by atoms with Gasteiger partial charge in [-0.05, 0) is 11.6 Å². The molecule has 0 aliphatic carbocycles. The lowest BCUT2D eigenvalue weighted by Crippen LogP contribution is -2.28. The maximum Gasteiger partial charge on any atom is 0.310 e. The summed E-state index contributed by atoms with van der Waals surface area (Å²) in [6, 6.07) is 5.54. The number of nitrogens with zero attached hydrogens (tertiary/aromatic N) is 1. The average Bonchev–Trinajstić information content (AvgIpc) is 2.05. The second kappa shape index (κ2) is 3.96. The highest BCUT2D eigenvalue weighted by molar-refractivity contribution is 6.64. The van der Waals surface area contributed by atoms with Gasteiger partial charge in [-0.25, -0.2) is 0 Å². The standard InChI is InChI=1S/C7H5Cl3N/c8-6(9)7(10)11-4-2-1-3-5-11/h1-5H/q+1. The van der Waals surface area contributed by atoms with Gasteiger partial charge >= 0.3 is 5.16 Å². The van der Waals surface area contributed by atoms with E-state index in [1.807, 2.05) is 18.2 Å². The minimum atomic E-state index is 0.0582. The van der Waals surface area contributed by atoms with Gasteiger partial charge in [0.2, 0.25) is 0 Å². The molecule has 1 aromatic rings. The van der Waals surface area contributed by atoms with Crippen molar-refractivity contribution >= 4 is 40.0 Å². The molecule has 0 saturated heterocycles. The Morgan fingerprint density at radius 1 is 0.909 bits per heavy atom. The summed E-state index contributed by atoms with van der Waals surface area (Å²) >= 11 is 16.6. The van der Waals surface area contributed by atoms with Crippen molar-refractivity contribution in [2.45, 2.75) is 0 Å². The van der Waals surface area contributed by atoms with Crippen molar-refractivity contribution in [3.8, 4) is 0 Å². The summed E-state index contributed by atoms with van der Waals surface area (Å²) in [6.45, 7) is 0. The Balaban J connectivity index is 3.04. The number of aromatic nitrogens is 1. The molecular weight excluding hydrogens is 204 g/mol. The lowest BCUT2D eigenvalue weighted by Gasteiger charge is -1.89. The van der Waals surface area contributed by atoms with Gasteiger partial charge in [0.05, 0.1) is 0 Å². The van der Waals surface area contributed by atoms with Gasteiger partial charge < -0.3 is 0 Å². The minimum Gasteiger partial charge on any atom is -0.155 e. The van der Waals surface area contributed by atoms with Crippen LogP contribution in [-0.4, -0.2) is 0 Å². The first-order valence-electron chi connectivity index (χ1n) is 2.89. The smallest absolute Gasteiger partial charge is 0.155 e. The molecule has 0 amide bonds. The van der Waals surface area contributed by atoms with Gasteiger partial charge in [-0.1, -0.05) is 29.3 Å². The quantitative estimate of drug-likeness (QED) is 0.626. The molecule has 0 N–H and O–H groups in total. The van der Waals surface area contributed by atoms with E-state index in [1.54, 1.807) is 17.0 Å². The van der Waals surface area contributed by atoms with Crippen LogP contribution >= 0.6 is 34.8 Å². The van der Waals surface area contributed by atoms with Crippen LogP contribution in [0.25, 0.3) is 5.16 Å². The van der Waals surface area contributed by atoms with E-state index in [4.69, 9.17) is 34.8 Å². The van der Waals surface area contributed by atoms with E-state index in [2.05, 4.69) is 0 Å². The van der Waals surface area contributed by atoms with E-state index < -0.39 is 0 Å². The molecule has 0 fully saturated rings. The number of hydrogen-bond acceptors (Lipinski definition) is 0. The molecule has 58 valence electrons. The zero-order valence-corrected chi connectivity index (χ0v) is 7.74. The summed E-state index contributed by atoms with van der Waals surface area (Å²) in [7, 11) is 0. The predicted octanol–water partition coefficient (Wildman–Crippen LogP) is 2.77. The molecule has 0 aromatic carbocycles. The number of halogens is 3. The number of pyridine rings is 1. The van der Waals surface area contributed by atoms with Gasteiger partial charge in [-0.2, -0.15) is 4.57 Å². The Bertz CT molecular complexity index is 264. The second-order valence-electron chi connectivity index (χ2n) is 1.83. The molecule has 0 aliphatic heterocycles. The third-order valence-corrected chi connectivity index (χ3v) is 2.03. The van der Waals surface area contributed by atoms with Crippen LogP contribution in [0.4, 0.5) is 0 Å². The molecule has 4 heteroatoms. The molecule has 0 saturated carbocycles. The van der Waals surface area contributed by atoms with Crippen LogP contribution in [0.2, 0.25) is 0 Å². The largest absolute Gasteiger partial charge is 0.310 e. The van der Waals surface area contributed by atoms with Gasteiger partial charge in [-0.15, -0.1) is 0 Å². The summed E-state index contributed by atoms with van der Waals surface area (Å²) in [6.07, 6.45) is 3.51. The van der Waals surface area contributed by atoms with Crippen LogP contribution in [0.3, 0.4) is 0 Å². The molecule has 0 spiro atoms. The normalized spacial score (nSPS) is 9.36. The number of rotatable bonds is 1. The molecule has 1 nitrogen and oxygen atoms in total. The van der Waals surface area contributed by atoms with Crippen molar-refractivity contribution in [2.75, 3.05) is 0 Å². The topological polar surface area (TPSA) is 3.88 Å². The fraction of sp³-hybridized carbons (Fsp3) is 0. The van der Waals surface area contributed by atoms with Gasteiger partial charge in [0.25, 0.3) is 0 Å². The third-order valence-electron chi connectivity index (χ3n) is 1.10. The van der Waals surface area contributed by atoms with Gasteiger partial charge in [0.15, 0.2) is 16.9 Å². The van der Waals surface area contributed by atoms with Crippen molar-refractivity contribution in [3.05, 3.63) is 35.1 Å². The van der Waals surface area contributed by atoms with Crippen molar-refractivity contribution < 1.29 is 4.57 Å². The first-order valence-corrected chi connectivity index (χ1v) is 4.02. The first kappa shape index (κ1) is 8.85. The molecule has 1 aromatic heterocycles. The zero-order valence-electron chi connectivity index (χ0n) is 5.47. The molecule has 1 heterocycles. The predicted molar refractivity (Wildman–Crippen MR) is 47.4 cm³/mol. The fourth-order valence-corrected chi connectivity index (χ4v) is 0.935. The molecule has 1 rings (SSSR count). The molecule has 0 radical (unpaired) electrons. The van der Waals surface area contributed by atoms with E-state index in [0.29, 0.717) is 5.16 Å². The highest BCUT2D eigenvalue weighted by Crippen LogP contribution is 2.16. The fourth-order valence-electron chi connectivity index (χ4n) is 0.627. The molecule has 0 unspecified atom stereocenters. The van der Waals surface area contributed by atoms with Crippen LogP contribution in [0.1, 0.15) is 0 Å². The van der Waals surface area contributed by atoms with Crippen LogP contribution in [0.15, 0.2) is 35.1 Å². The number of hydrogen-bond donors (Lipinski definition) is 0. The van der Waals surface area contributed by atoms with E-state index in [0.717, 1.165) is 0 Å². The van der Waals surface area contributed by atoms with Crippen molar-refractivity contribution in [3.63, 3.8) is 0 Å². The van der Waals surface area contributed by atoms with Crippen LogP contribution in [-0.2, 0) is 0 Å². The van der Waals surface area contributed by atoms with E-state index in [1.165, 1.54) is 0 Å². The van der Waals surface area contributed by atoms with E-state index in [9.17, 15) is 0 Å². The van der Waals surface area contributed by atoms with Gasteiger partial charge in [-0.3, -0.25) is 0 Å². The monoisotopic (exact) mass is 208 g/mol. The second-order valence-corrected chi connectivity index (χ2v) is 3.14. The molecular formula is C7H5Cl3N+. The van der Waals surface area contributed by atoms with E-state index in [-0.39, 0.29) is 4.49 Å². The van der Waals surface area contributed by atoms with Crippen molar-refractivity contribution in [1.29, 1.82) is 0 Å². The van der Waals surface area contributed by atoms with Crippen LogP contribution < -0.4 is 4.57 Å². The van der Waals surface area contributed by atoms with Crippen LogP contribution in [0, 0.1) is 0 Å². The maximum atomic E-state index is 5.72. The molecule has 0 atom stereocenters.